The summed E-state index contributed by atoms with van der Waals surface area (Å²) in [6, 6.07) is 5.04. The molecule has 1 fully saturated rings. The maximum absolute atomic E-state index is 10.0. The van der Waals surface area contributed by atoms with Crippen LogP contribution < -0.4 is 0 Å². The molecule has 0 amide bonds. The van der Waals surface area contributed by atoms with Crippen molar-refractivity contribution < 1.29 is 31.7 Å². The van der Waals surface area contributed by atoms with Gasteiger partial charge in [-0.25, -0.2) is 0 Å². The number of hydrogen-bond donors (Lipinski definition) is 1. The first-order chi connectivity index (χ1) is 7.20. The second-order valence-corrected chi connectivity index (χ2v) is 3.35. The minimum Gasteiger partial charge on any atom is -0.508 e. The van der Waals surface area contributed by atoms with E-state index >= 15 is 0 Å². The van der Waals surface area contributed by atoms with E-state index in [0.29, 0.717) is 0 Å². The first-order valence-electron chi connectivity index (χ1n) is 4.95. The molecule has 2 rings (SSSR count). The maximum atomic E-state index is 10.0. The molecular weight excluding hydrogens is 242 g/mol. The van der Waals surface area contributed by atoms with Gasteiger partial charge in [-0.3, -0.25) is 10.1 Å². The van der Waals surface area contributed by atoms with Crippen molar-refractivity contribution in [1.82, 2.24) is 0 Å². The van der Waals surface area contributed by atoms with E-state index in [9.17, 15) is 10.1 Å². The zero-order valence-corrected chi connectivity index (χ0v) is 10.5. The molecule has 1 saturated carbocycles. The summed E-state index contributed by atoms with van der Waals surface area (Å²) in [7, 11) is 0. The number of nitrogens with zero attached hydrogens (tertiary/aromatic N) is 1. The van der Waals surface area contributed by atoms with Crippen LogP contribution in [0.2, 0.25) is 0 Å². The van der Waals surface area contributed by atoms with Gasteiger partial charge in [-0.1, -0.05) is 12.8 Å². The van der Waals surface area contributed by atoms with Crippen molar-refractivity contribution >= 4 is 5.69 Å². The molecule has 1 aliphatic rings. The molecule has 0 aliphatic heterocycles. The van der Waals surface area contributed by atoms with Gasteiger partial charge in [0.05, 0.1) is 4.92 Å². The van der Waals surface area contributed by atoms with Crippen molar-refractivity contribution in [2.24, 2.45) is 0 Å². The Hall–Kier alpha value is -0.866. The average molecular weight is 256 g/mol. The van der Waals surface area contributed by atoms with Gasteiger partial charge in [-0.2, -0.15) is 12.8 Å². The summed E-state index contributed by atoms with van der Waals surface area (Å²) in [4.78, 5) is 9.52. The molecule has 0 heterocycles. The fourth-order valence-electron chi connectivity index (χ4n) is 1.30. The molecule has 0 aromatic heterocycles. The number of aromatic hydroxyl groups is 1. The monoisotopic (exact) mass is 256 g/mol. The third-order valence-electron chi connectivity index (χ3n) is 2.13. The molecule has 86 valence electrons. The zero-order valence-electron chi connectivity index (χ0n) is 8.93. The van der Waals surface area contributed by atoms with Crippen LogP contribution in [-0.2, 0) is 21.7 Å². The Labute approximate surface area is 110 Å². The molecule has 0 unspecified atom stereocenters. The molecule has 0 spiro atoms. The number of nitro groups is 1. The van der Waals surface area contributed by atoms with Gasteiger partial charge in [0.15, 0.2) is 0 Å². The molecule has 0 bridgehead atoms. The molecule has 1 aliphatic carbocycles. The SMILES string of the molecule is O=[N+]([O-])c1ccc(O)cc1.[CH-]1CCCC1.[Ti]. The van der Waals surface area contributed by atoms with E-state index in [2.05, 4.69) is 6.42 Å². The van der Waals surface area contributed by atoms with Gasteiger partial charge in [0.25, 0.3) is 5.69 Å². The van der Waals surface area contributed by atoms with Gasteiger partial charge in [0.2, 0.25) is 0 Å². The van der Waals surface area contributed by atoms with Crippen molar-refractivity contribution in [2.75, 3.05) is 0 Å². The van der Waals surface area contributed by atoms with Crippen LogP contribution in [0.15, 0.2) is 24.3 Å². The Bertz CT molecular complexity index is 302. The number of hydrogen-bond acceptors (Lipinski definition) is 3. The molecule has 1 aromatic rings. The van der Waals surface area contributed by atoms with Crippen LogP contribution in [-0.4, -0.2) is 10.0 Å². The van der Waals surface area contributed by atoms with Crippen molar-refractivity contribution in [1.29, 1.82) is 0 Å². The van der Waals surface area contributed by atoms with E-state index in [0.717, 1.165) is 0 Å². The maximum Gasteiger partial charge on any atom is 0.269 e. The third kappa shape index (κ3) is 5.88. The van der Waals surface area contributed by atoms with Crippen LogP contribution in [0.25, 0.3) is 0 Å². The van der Waals surface area contributed by atoms with E-state index < -0.39 is 4.92 Å². The van der Waals surface area contributed by atoms with Crippen LogP contribution >= 0.6 is 0 Å². The smallest absolute Gasteiger partial charge is 0.269 e. The Morgan fingerprint density at radius 2 is 1.69 bits per heavy atom. The van der Waals surface area contributed by atoms with Crippen LogP contribution in [0.3, 0.4) is 0 Å². The van der Waals surface area contributed by atoms with E-state index in [-0.39, 0.29) is 33.2 Å². The fourth-order valence-corrected chi connectivity index (χ4v) is 1.30. The van der Waals surface area contributed by atoms with Crippen molar-refractivity contribution in [3.05, 3.63) is 40.8 Å². The number of non-ortho nitro benzene ring substituents is 1. The predicted molar refractivity (Wildman–Crippen MR) is 57.5 cm³/mol. The first kappa shape index (κ1) is 15.1. The standard InChI is InChI=1S/C6H5NO3.C5H9.Ti/c8-6-3-1-5(2-4-6)7(9)10;1-2-4-5-3-1;/h1-4,8H;1H,2-5H2;/q;-1;. The van der Waals surface area contributed by atoms with Crippen molar-refractivity contribution in [3.8, 4) is 5.75 Å². The summed E-state index contributed by atoms with van der Waals surface area (Å²) in [5.41, 5.74) is -0.0159. The zero-order chi connectivity index (χ0) is 11.1. The molecule has 5 heteroatoms. The van der Waals surface area contributed by atoms with E-state index in [1.165, 1.54) is 49.9 Å². The van der Waals surface area contributed by atoms with Gasteiger partial charge in [0, 0.05) is 33.9 Å². The molecule has 16 heavy (non-hydrogen) atoms. The average Bonchev–Trinajstić information content (AvgIpc) is 2.76. The summed E-state index contributed by atoms with van der Waals surface area (Å²) < 4.78 is 0. The normalized spacial score (nSPS) is 13.2. The predicted octanol–water partition coefficient (Wildman–Crippen LogP) is 3.06. The van der Waals surface area contributed by atoms with Crippen LogP contribution in [0, 0.1) is 16.5 Å². The molecule has 0 radical (unpaired) electrons. The van der Waals surface area contributed by atoms with Gasteiger partial charge >= 0.3 is 0 Å². The second kappa shape index (κ2) is 8.31. The summed E-state index contributed by atoms with van der Waals surface area (Å²) in [5, 5.41) is 18.8. The molecule has 0 atom stereocenters. The second-order valence-electron chi connectivity index (χ2n) is 3.35. The quantitative estimate of drug-likeness (QED) is 0.363. The van der Waals surface area contributed by atoms with Gasteiger partial charge in [-0.15, -0.1) is 0 Å². The van der Waals surface area contributed by atoms with Crippen LogP contribution in [0.5, 0.6) is 5.75 Å². The minimum absolute atomic E-state index is 0. The van der Waals surface area contributed by atoms with Crippen LogP contribution in [0.1, 0.15) is 25.7 Å². The minimum atomic E-state index is -0.514. The molecule has 0 saturated heterocycles. The Kier molecular flexibility index (Phi) is 7.86. The molecular formula is C11H14NO3Ti-. The Morgan fingerprint density at radius 1 is 1.19 bits per heavy atom. The Balaban J connectivity index is 0.000000318. The first-order valence-corrected chi connectivity index (χ1v) is 4.95. The summed E-state index contributed by atoms with van der Waals surface area (Å²) in [6.45, 7) is 0. The molecule has 1 N–H and O–H groups in total. The van der Waals surface area contributed by atoms with E-state index in [1.54, 1.807) is 0 Å². The number of phenolic OH excluding ortho intramolecular Hbond substituents is 1. The summed E-state index contributed by atoms with van der Waals surface area (Å²) in [6.07, 6.45) is 8.00. The third-order valence-corrected chi connectivity index (χ3v) is 2.13. The molecule has 4 nitrogen and oxygen atoms in total. The number of nitro benzene ring substituents is 1. The van der Waals surface area contributed by atoms with Crippen LogP contribution in [0.4, 0.5) is 5.69 Å². The van der Waals surface area contributed by atoms with Crippen molar-refractivity contribution in [3.63, 3.8) is 0 Å². The van der Waals surface area contributed by atoms with Gasteiger partial charge in [-0.05, 0) is 12.1 Å². The van der Waals surface area contributed by atoms with Crippen molar-refractivity contribution in [2.45, 2.75) is 25.7 Å². The van der Waals surface area contributed by atoms with E-state index in [1.807, 2.05) is 0 Å². The summed E-state index contributed by atoms with van der Waals surface area (Å²) >= 11 is 0. The Morgan fingerprint density at radius 3 is 2.00 bits per heavy atom. The number of phenols is 1. The largest absolute Gasteiger partial charge is 0.508 e. The number of benzene rings is 1. The van der Waals surface area contributed by atoms with Gasteiger partial charge in [0.1, 0.15) is 5.75 Å². The molecule has 1 aromatic carbocycles. The van der Waals surface area contributed by atoms with Gasteiger partial charge < -0.3 is 11.5 Å². The summed E-state index contributed by atoms with van der Waals surface area (Å²) in [5.74, 6) is 0.0330. The number of rotatable bonds is 1. The topological polar surface area (TPSA) is 63.4 Å². The van der Waals surface area contributed by atoms with E-state index in [4.69, 9.17) is 5.11 Å². The fraction of sp³-hybridized carbons (Fsp3) is 0.364.